The highest BCUT2D eigenvalue weighted by Gasteiger charge is 2.36. The van der Waals surface area contributed by atoms with Crippen molar-refractivity contribution in [3.05, 3.63) is 35.9 Å². The van der Waals surface area contributed by atoms with E-state index in [1.807, 2.05) is 30.3 Å². The Morgan fingerprint density at radius 1 is 1.28 bits per heavy atom. The van der Waals surface area contributed by atoms with Crippen LogP contribution in [-0.4, -0.2) is 41.3 Å². The van der Waals surface area contributed by atoms with Gasteiger partial charge in [-0.05, 0) is 5.56 Å². The summed E-state index contributed by atoms with van der Waals surface area (Å²) in [4.78, 5) is 14.0. The minimum Gasteiger partial charge on any atom is -0.325 e. The van der Waals surface area contributed by atoms with Crippen LogP contribution in [0.15, 0.2) is 35.4 Å². The van der Waals surface area contributed by atoms with Crippen LogP contribution in [0.5, 0.6) is 0 Å². The third-order valence-corrected chi connectivity index (χ3v) is 3.39. The molecule has 2 aliphatic heterocycles. The normalized spacial score (nSPS) is 23.3. The first-order chi connectivity index (χ1) is 8.75. The highest BCUT2D eigenvalue weighted by Crippen LogP contribution is 2.29. The molecule has 3 rings (SSSR count). The lowest BCUT2D eigenvalue weighted by Crippen LogP contribution is -2.60. The van der Waals surface area contributed by atoms with Gasteiger partial charge in [0, 0.05) is 31.8 Å². The van der Waals surface area contributed by atoms with Crippen molar-refractivity contribution in [3.8, 4) is 0 Å². The number of hydrogen-bond donors (Lipinski definition) is 1. The Morgan fingerprint density at radius 3 is 2.67 bits per heavy atom. The van der Waals surface area contributed by atoms with Gasteiger partial charge in [0.05, 0.1) is 6.04 Å². The van der Waals surface area contributed by atoms with Gasteiger partial charge in [0.15, 0.2) is 0 Å². The van der Waals surface area contributed by atoms with Gasteiger partial charge < -0.3 is 10.6 Å². The summed E-state index contributed by atoms with van der Waals surface area (Å²) in [5, 5.41) is 5.77. The maximum Gasteiger partial charge on any atom is 0.341 e. The molecule has 94 valence electrons. The predicted octanol–water partition coefficient (Wildman–Crippen LogP) is 1.18. The van der Waals surface area contributed by atoms with E-state index >= 15 is 0 Å². The van der Waals surface area contributed by atoms with Gasteiger partial charge in [0.1, 0.15) is 0 Å². The molecular formula is C13H16N4O. The van der Waals surface area contributed by atoms with Crippen molar-refractivity contribution in [2.45, 2.75) is 18.5 Å². The van der Waals surface area contributed by atoms with Crippen LogP contribution in [0.3, 0.4) is 0 Å². The van der Waals surface area contributed by atoms with Gasteiger partial charge in [0.25, 0.3) is 0 Å². The van der Waals surface area contributed by atoms with Gasteiger partial charge in [-0.3, -0.25) is 0 Å². The Hall–Kier alpha value is -1.88. The number of hydrazone groups is 1. The topological polar surface area (TPSA) is 61.9 Å². The fourth-order valence-electron chi connectivity index (χ4n) is 2.36. The minimum atomic E-state index is -0.0423. The van der Waals surface area contributed by atoms with Gasteiger partial charge in [-0.2, -0.15) is 5.10 Å². The molecule has 2 aliphatic rings. The second-order valence-corrected chi connectivity index (χ2v) is 4.75. The summed E-state index contributed by atoms with van der Waals surface area (Å²) in [5.74, 6) is 0. The van der Waals surface area contributed by atoms with Crippen molar-refractivity contribution in [2.75, 3.05) is 13.1 Å². The van der Waals surface area contributed by atoms with Gasteiger partial charge >= 0.3 is 6.03 Å². The van der Waals surface area contributed by atoms with Crippen molar-refractivity contribution >= 4 is 12.2 Å². The molecule has 2 amide bonds. The van der Waals surface area contributed by atoms with E-state index in [0.717, 1.165) is 12.0 Å². The number of nitrogens with two attached hydrogens (primary N) is 1. The number of nitrogens with zero attached hydrogens (tertiary/aromatic N) is 3. The van der Waals surface area contributed by atoms with Crippen LogP contribution in [0.25, 0.3) is 0 Å². The molecule has 1 fully saturated rings. The maximum absolute atomic E-state index is 12.2. The van der Waals surface area contributed by atoms with Crippen molar-refractivity contribution in [2.24, 2.45) is 10.8 Å². The van der Waals surface area contributed by atoms with Crippen LogP contribution >= 0.6 is 0 Å². The van der Waals surface area contributed by atoms with E-state index in [4.69, 9.17) is 5.73 Å². The number of benzene rings is 1. The van der Waals surface area contributed by atoms with E-state index < -0.39 is 0 Å². The molecule has 0 aliphatic carbocycles. The number of hydrogen-bond acceptors (Lipinski definition) is 3. The maximum atomic E-state index is 12.2. The number of likely N-dealkylation sites (tertiary alicyclic amines) is 1. The summed E-state index contributed by atoms with van der Waals surface area (Å²) in [6.07, 6.45) is 2.57. The molecule has 0 saturated carbocycles. The molecule has 2 N–H and O–H groups in total. The summed E-state index contributed by atoms with van der Waals surface area (Å²) in [6.45, 7) is 1.26. The quantitative estimate of drug-likeness (QED) is 0.806. The van der Waals surface area contributed by atoms with E-state index in [-0.39, 0.29) is 18.1 Å². The standard InChI is InChI=1S/C13H16N4O/c14-11-8-16(9-11)13(18)17-12(6-7-15-17)10-4-2-1-3-5-10/h1-5,7,11-12H,6,8-9,14H2. The summed E-state index contributed by atoms with van der Waals surface area (Å²) < 4.78 is 0. The summed E-state index contributed by atoms with van der Waals surface area (Å²) in [7, 11) is 0. The monoisotopic (exact) mass is 244 g/mol. The van der Waals surface area contributed by atoms with Crippen LogP contribution in [0, 0.1) is 0 Å². The molecule has 0 aromatic heterocycles. The number of rotatable bonds is 1. The molecule has 2 heterocycles. The van der Waals surface area contributed by atoms with Crippen LogP contribution in [0.2, 0.25) is 0 Å². The highest BCUT2D eigenvalue weighted by molar-refractivity contribution is 5.79. The zero-order valence-corrected chi connectivity index (χ0v) is 10.1. The van der Waals surface area contributed by atoms with Gasteiger partial charge in [0.2, 0.25) is 0 Å². The molecule has 0 bridgehead atoms. The lowest BCUT2D eigenvalue weighted by Gasteiger charge is -2.39. The molecular weight excluding hydrogens is 228 g/mol. The number of carbonyl (C=O) groups excluding carboxylic acids is 1. The van der Waals surface area contributed by atoms with E-state index in [0.29, 0.717) is 13.1 Å². The number of urea groups is 1. The third-order valence-electron chi connectivity index (χ3n) is 3.39. The Kier molecular flexibility index (Phi) is 2.76. The lowest BCUT2D eigenvalue weighted by molar-refractivity contribution is 0.107. The molecule has 0 spiro atoms. The highest BCUT2D eigenvalue weighted by atomic mass is 16.2. The molecule has 18 heavy (non-hydrogen) atoms. The van der Waals surface area contributed by atoms with Gasteiger partial charge in [-0.1, -0.05) is 30.3 Å². The first-order valence-electron chi connectivity index (χ1n) is 6.17. The Bertz CT molecular complexity index is 467. The van der Waals surface area contributed by atoms with E-state index in [1.54, 1.807) is 16.1 Å². The zero-order valence-electron chi connectivity index (χ0n) is 10.1. The Morgan fingerprint density at radius 2 is 2.00 bits per heavy atom. The molecule has 1 aromatic carbocycles. The van der Waals surface area contributed by atoms with Crippen LogP contribution in [0.4, 0.5) is 4.79 Å². The Labute approximate surface area is 106 Å². The van der Waals surface area contributed by atoms with Crippen molar-refractivity contribution in [1.82, 2.24) is 9.91 Å². The summed E-state index contributed by atoms with van der Waals surface area (Å²) in [6, 6.07) is 10.1. The fourth-order valence-corrected chi connectivity index (χ4v) is 2.36. The van der Waals surface area contributed by atoms with Crippen LogP contribution in [0.1, 0.15) is 18.0 Å². The summed E-state index contributed by atoms with van der Waals surface area (Å²) in [5.41, 5.74) is 6.82. The molecule has 1 saturated heterocycles. The second kappa shape index (κ2) is 4.42. The largest absolute Gasteiger partial charge is 0.341 e. The van der Waals surface area contributed by atoms with Gasteiger partial charge in [-0.25, -0.2) is 9.80 Å². The molecule has 0 radical (unpaired) electrons. The number of carbonyl (C=O) groups is 1. The Balaban J connectivity index is 1.75. The average Bonchev–Trinajstić information content (AvgIpc) is 2.84. The average molecular weight is 244 g/mol. The molecule has 1 atom stereocenters. The van der Waals surface area contributed by atoms with Crippen molar-refractivity contribution < 1.29 is 4.79 Å². The van der Waals surface area contributed by atoms with E-state index in [9.17, 15) is 4.79 Å². The molecule has 5 heteroatoms. The lowest BCUT2D eigenvalue weighted by atomic mass is 10.0. The van der Waals surface area contributed by atoms with Crippen LogP contribution < -0.4 is 5.73 Å². The smallest absolute Gasteiger partial charge is 0.325 e. The molecule has 1 aromatic rings. The first kappa shape index (κ1) is 11.2. The van der Waals surface area contributed by atoms with Gasteiger partial charge in [-0.15, -0.1) is 0 Å². The zero-order chi connectivity index (χ0) is 12.5. The fraction of sp³-hybridized carbons (Fsp3) is 0.385. The second-order valence-electron chi connectivity index (χ2n) is 4.75. The molecule has 1 unspecified atom stereocenters. The number of amides is 2. The van der Waals surface area contributed by atoms with Crippen LogP contribution in [-0.2, 0) is 0 Å². The molecule has 5 nitrogen and oxygen atoms in total. The van der Waals surface area contributed by atoms with Crippen molar-refractivity contribution in [3.63, 3.8) is 0 Å². The summed E-state index contributed by atoms with van der Waals surface area (Å²) >= 11 is 0. The predicted molar refractivity (Wildman–Crippen MR) is 69.1 cm³/mol. The SMILES string of the molecule is NC1CN(C(=O)N2N=CCC2c2ccccc2)C1. The first-order valence-corrected chi connectivity index (χ1v) is 6.17. The minimum absolute atomic E-state index is 0.0236. The third kappa shape index (κ3) is 1.86. The van der Waals surface area contributed by atoms with E-state index in [2.05, 4.69) is 5.10 Å². The van der Waals surface area contributed by atoms with Crippen molar-refractivity contribution in [1.29, 1.82) is 0 Å². The van der Waals surface area contributed by atoms with E-state index in [1.165, 1.54) is 0 Å².